The normalized spacial score (nSPS) is 19.0. The van der Waals surface area contributed by atoms with Crippen molar-refractivity contribution < 1.29 is 14.3 Å². The van der Waals surface area contributed by atoms with E-state index in [4.69, 9.17) is 4.74 Å². The SMILES string of the molecule is CCOC(=O)c1cc(NC(=O)C2CCCCN2CC)cn1C. The summed E-state index contributed by atoms with van der Waals surface area (Å²) in [6, 6.07) is 1.58. The van der Waals surface area contributed by atoms with Crippen LogP contribution in [0.1, 0.15) is 43.6 Å². The second-order valence-electron chi connectivity index (χ2n) is 5.57. The fourth-order valence-corrected chi connectivity index (χ4v) is 2.93. The van der Waals surface area contributed by atoms with Crippen LogP contribution in [-0.2, 0) is 16.6 Å². The molecule has 1 fully saturated rings. The number of hydrogen-bond donors (Lipinski definition) is 1. The first-order chi connectivity index (χ1) is 10.6. The minimum absolute atomic E-state index is 0.00237. The van der Waals surface area contributed by atoms with Crippen LogP contribution < -0.4 is 5.32 Å². The molecule has 2 heterocycles. The Morgan fingerprint density at radius 2 is 2.14 bits per heavy atom. The van der Waals surface area contributed by atoms with Crippen molar-refractivity contribution in [3.8, 4) is 0 Å². The van der Waals surface area contributed by atoms with Crippen LogP contribution in [0.4, 0.5) is 5.69 Å². The van der Waals surface area contributed by atoms with Crippen molar-refractivity contribution in [2.75, 3.05) is 25.0 Å². The van der Waals surface area contributed by atoms with Crippen molar-refractivity contribution in [1.29, 1.82) is 0 Å². The molecule has 2 rings (SSSR count). The summed E-state index contributed by atoms with van der Waals surface area (Å²) >= 11 is 0. The maximum absolute atomic E-state index is 12.5. The summed E-state index contributed by atoms with van der Waals surface area (Å²) in [5, 5.41) is 2.92. The van der Waals surface area contributed by atoms with E-state index < -0.39 is 0 Å². The number of aryl methyl sites for hydroxylation is 1. The average molecular weight is 307 g/mol. The third-order valence-electron chi connectivity index (χ3n) is 4.08. The lowest BCUT2D eigenvalue weighted by atomic mass is 10.0. The minimum atomic E-state index is -0.377. The Bertz CT molecular complexity index is 539. The molecule has 0 aliphatic carbocycles. The predicted molar refractivity (Wildman–Crippen MR) is 84.9 cm³/mol. The number of aromatic nitrogens is 1. The number of piperidine rings is 1. The van der Waals surface area contributed by atoms with Crippen LogP contribution in [0.15, 0.2) is 12.3 Å². The molecule has 0 saturated carbocycles. The van der Waals surface area contributed by atoms with E-state index in [0.717, 1.165) is 32.4 Å². The van der Waals surface area contributed by atoms with Crippen LogP contribution in [0.2, 0.25) is 0 Å². The number of nitrogens with zero attached hydrogens (tertiary/aromatic N) is 2. The van der Waals surface area contributed by atoms with Crippen molar-refractivity contribution in [2.24, 2.45) is 7.05 Å². The first-order valence-electron chi connectivity index (χ1n) is 7.95. The van der Waals surface area contributed by atoms with Gasteiger partial charge in [-0.1, -0.05) is 13.3 Å². The summed E-state index contributed by atoms with van der Waals surface area (Å²) in [7, 11) is 1.76. The van der Waals surface area contributed by atoms with E-state index >= 15 is 0 Å². The van der Waals surface area contributed by atoms with Crippen molar-refractivity contribution in [3.05, 3.63) is 18.0 Å². The smallest absolute Gasteiger partial charge is 0.355 e. The van der Waals surface area contributed by atoms with Gasteiger partial charge in [0.1, 0.15) is 5.69 Å². The topological polar surface area (TPSA) is 63.6 Å². The highest BCUT2D eigenvalue weighted by Gasteiger charge is 2.27. The van der Waals surface area contributed by atoms with E-state index in [9.17, 15) is 9.59 Å². The molecule has 0 spiro atoms. The van der Waals surface area contributed by atoms with Crippen molar-refractivity contribution in [3.63, 3.8) is 0 Å². The third kappa shape index (κ3) is 3.68. The summed E-state index contributed by atoms with van der Waals surface area (Å²) in [6.45, 7) is 6.02. The molecule has 1 saturated heterocycles. The van der Waals surface area contributed by atoms with Crippen molar-refractivity contribution in [2.45, 2.75) is 39.2 Å². The van der Waals surface area contributed by atoms with Crippen LogP contribution >= 0.6 is 0 Å². The van der Waals surface area contributed by atoms with Gasteiger partial charge in [-0.3, -0.25) is 9.69 Å². The highest BCUT2D eigenvalue weighted by atomic mass is 16.5. The van der Waals surface area contributed by atoms with Crippen molar-refractivity contribution in [1.82, 2.24) is 9.47 Å². The fourth-order valence-electron chi connectivity index (χ4n) is 2.93. The molecular weight excluding hydrogens is 282 g/mol. The molecule has 1 N–H and O–H groups in total. The number of amides is 1. The number of esters is 1. The minimum Gasteiger partial charge on any atom is -0.461 e. The number of ether oxygens (including phenoxy) is 1. The van der Waals surface area contributed by atoms with Gasteiger partial charge in [0.2, 0.25) is 5.91 Å². The number of hydrogen-bond acceptors (Lipinski definition) is 4. The first-order valence-corrected chi connectivity index (χ1v) is 7.95. The second-order valence-corrected chi connectivity index (χ2v) is 5.57. The lowest BCUT2D eigenvalue weighted by molar-refractivity contribution is -0.122. The van der Waals surface area contributed by atoms with Gasteiger partial charge in [0.05, 0.1) is 18.3 Å². The maximum atomic E-state index is 12.5. The summed E-state index contributed by atoms with van der Waals surface area (Å²) in [5.74, 6) is -0.374. The highest BCUT2D eigenvalue weighted by Crippen LogP contribution is 2.20. The standard InChI is InChI=1S/C16H25N3O3/c1-4-19-9-7-6-8-13(19)15(20)17-12-10-14(18(3)11-12)16(21)22-5-2/h10-11,13H,4-9H2,1-3H3,(H,17,20). The number of anilines is 1. The molecule has 0 aromatic carbocycles. The monoisotopic (exact) mass is 307 g/mol. The van der Waals surface area contributed by atoms with E-state index in [1.54, 1.807) is 30.8 Å². The number of likely N-dealkylation sites (tertiary alicyclic amines) is 1. The molecule has 6 nitrogen and oxygen atoms in total. The molecule has 1 unspecified atom stereocenters. The molecule has 1 aromatic rings. The van der Waals surface area contributed by atoms with Gasteiger partial charge in [-0.15, -0.1) is 0 Å². The quantitative estimate of drug-likeness (QED) is 0.845. The van der Waals surface area contributed by atoms with E-state index in [1.807, 2.05) is 0 Å². The average Bonchev–Trinajstić information content (AvgIpc) is 2.88. The predicted octanol–water partition coefficient (Wildman–Crippen LogP) is 2.01. The third-order valence-corrected chi connectivity index (χ3v) is 4.08. The molecule has 1 aliphatic heterocycles. The number of nitrogens with one attached hydrogen (secondary N) is 1. The van der Waals surface area contributed by atoms with Gasteiger partial charge >= 0.3 is 5.97 Å². The van der Waals surface area contributed by atoms with Gasteiger partial charge in [0, 0.05) is 13.2 Å². The zero-order valence-corrected chi connectivity index (χ0v) is 13.6. The number of rotatable bonds is 5. The molecule has 122 valence electrons. The Morgan fingerprint density at radius 1 is 1.36 bits per heavy atom. The van der Waals surface area contributed by atoms with Crippen LogP contribution in [0.5, 0.6) is 0 Å². The maximum Gasteiger partial charge on any atom is 0.355 e. The fraction of sp³-hybridized carbons (Fsp3) is 0.625. The Balaban J connectivity index is 2.05. The van der Waals surface area contributed by atoms with Crippen LogP contribution in [-0.4, -0.2) is 47.1 Å². The van der Waals surface area contributed by atoms with Gasteiger partial charge in [-0.2, -0.15) is 0 Å². The van der Waals surface area contributed by atoms with Gasteiger partial charge in [0.15, 0.2) is 0 Å². The van der Waals surface area contributed by atoms with Crippen molar-refractivity contribution >= 4 is 17.6 Å². The largest absolute Gasteiger partial charge is 0.461 e. The van der Waals surface area contributed by atoms with Gasteiger partial charge in [-0.05, 0) is 38.9 Å². The Hall–Kier alpha value is -1.82. The lowest BCUT2D eigenvalue weighted by Gasteiger charge is -2.33. The molecular formula is C16H25N3O3. The van der Waals surface area contributed by atoms with Crippen LogP contribution in [0, 0.1) is 0 Å². The Kier molecular flexibility index (Phi) is 5.60. The van der Waals surface area contributed by atoms with Crippen LogP contribution in [0.3, 0.4) is 0 Å². The van der Waals surface area contributed by atoms with Gasteiger partial charge < -0.3 is 14.6 Å². The zero-order chi connectivity index (χ0) is 16.1. The van der Waals surface area contributed by atoms with E-state index in [2.05, 4.69) is 17.1 Å². The highest BCUT2D eigenvalue weighted by molar-refractivity contribution is 5.96. The Labute approximate surface area is 131 Å². The number of carbonyl (C=O) groups is 2. The van der Waals surface area contributed by atoms with Gasteiger partial charge in [0.25, 0.3) is 0 Å². The molecule has 1 amide bonds. The lowest BCUT2D eigenvalue weighted by Crippen LogP contribution is -2.46. The van der Waals surface area contributed by atoms with E-state index in [1.165, 1.54) is 0 Å². The molecule has 1 atom stereocenters. The number of likely N-dealkylation sites (N-methyl/N-ethyl adjacent to an activating group) is 1. The Morgan fingerprint density at radius 3 is 2.82 bits per heavy atom. The molecule has 1 aromatic heterocycles. The van der Waals surface area contributed by atoms with Crippen LogP contribution in [0.25, 0.3) is 0 Å². The second kappa shape index (κ2) is 7.45. The first kappa shape index (κ1) is 16.5. The summed E-state index contributed by atoms with van der Waals surface area (Å²) < 4.78 is 6.67. The molecule has 0 radical (unpaired) electrons. The molecule has 22 heavy (non-hydrogen) atoms. The zero-order valence-electron chi connectivity index (χ0n) is 13.6. The summed E-state index contributed by atoms with van der Waals surface area (Å²) in [5.41, 5.74) is 1.07. The summed E-state index contributed by atoms with van der Waals surface area (Å²) in [6.07, 6.45) is 4.86. The van der Waals surface area contributed by atoms with E-state index in [0.29, 0.717) is 18.0 Å². The van der Waals surface area contributed by atoms with Gasteiger partial charge in [-0.25, -0.2) is 4.79 Å². The van der Waals surface area contributed by atoms with E-state index in [-0.39, 0.29) is 17.9 Å². The molecule has 0 bridgehead atoms. The molecule has 6 heteroatoms. The molecule has 1 aliphatic rings. The number of carbonyl (C=O) groups excluding carboxylic acids is 2. The summed E-state index contributed by atoms with van der Waals surface area (Å²) in [4.78, 5) is 26.5.